The highest BCUT2D eigenvalue weighted by Gasteiger charge is 2.24. The van der Waals surface area contributed by atoms with Gasteiger partial charge in [-0.3, -0.25) is 0 Å². The zero-order valence-corrected chi connectivity index (χ0v) is 28.8. The molecule has 0 fully saturated rings. The standard InChI is InChI=1S/C48H30N2OS/c1-3-14-31(15-4-1)49(32-16-5-2-6-17-32)33-26-28-34(29-27-33)50-40-23-10-7-19-37(40)45-41(50)30-43-46(38-20-8-11-24-42(38)51-43)47(45)39-22-13-21-36-35-18-9-12-25-44(35)52-48(36)39/h1-30H. The van der Waals surface area contributed by atoms with Gasteiger partial charge in [-0.1, -0.05) is 109 Å². The van der Waals surface area contributed by atoms with Crippen LogP contribution >= 0.6 is 11.3 Å². The Hall–Kier alpha value is -6.62. The molecule has 0 aliphatic carbocycles. The molecule has 0 radical (unpaired) electrons. The summed E-state index contributed by atoms with van der Waals surface area (Å²) in [5, 5.41) is 7.34. The van der Waals surface area contributed by atoms with Crippen molar-refractivity contribution in [3.05, 3.63) is 182 Å². The summed E-state index contributed by atoms with van der Waals surface area (Å²) in [5.41, 5.74) is 11.0. The predicted octanol–water partition coefficient (Wildman–Crippen LogP) is 14.2. The quantitative estimate of drug-likeness (QED) is 0.180. The van der Waals surface area contributed by atoms with E-state index in [0.717, 1.165) is 55.7 Å². The van der Waals surface area contributed by atoms with Gasteiger partial charge in [-0.2, -0.15) is 0 Å². The van der Waals surface area contributed by atoms with Gasteiger partial charge in [-0.15, -0.1) is 11.3 Å². The van der Waals surface area contributed by atoms with Gasteiger partial charge in [0.25, 0.3) is 0 Å². The van der Waals surface area contributed by atoms with Crippen LogP contribution in [0.5, 0.6) is 0 Å². The maximum absolute atomic E-state index is 6.71. The van der Waals surface area contributed by atoms with Gasteiger partial charge in [-0.25, -0.2) is 0 Å². The van der Waals surface area contributed by atoms with Crippen molar-refractivity contribution in [3.63, 3.8) is 0 Å². The Balaban J connectivity index is 1.21. The SMILES string of the molecule is c1ccc(N(c2ccccc2)c2ccc(-n3c4ccccc4c4c(-c5cccc6c5sc5ccccc56)c5c(cc43)oc3ccccc35)cc2)cc1. The molecule has 52 heavy (non-hydrogen) atoms. The molecular weight excluding hydrogens is 653 g/mol. The normalized spacial score (nSPS) is 11.8. The summed E-state index contributed by atoms with van der Waals surface area (Å²) in [7, 11) is 0. The molecule has 0 saturated heterocycles. The lowest BCUT2D eigenvalue weighted by molar-refractivity contribution is 0.669. The molecular formula is C48H30N2OS. The molecule has 244 valence electrons. The van der Waals surface area contributed by atoms with E-state index in [1.54, 1.807) is 0 Å². The van der Waals surface area contributed by atoms with Crippen molar-refractivity contribution in [1.29, 1.82) is 0 Å². The first-order valence-corrected chi connectivity index (χ1v) is 18.4. The number of nitrogens with zero attached hydrogens (tertiary/aromatic N) is 2. The third-order valence-electron chi connectivity index (χ3n) is 10.4. The van der Waals surface area contributed by atoms with E-state index in [2.05, 4.69) is 191 Å². The van der Waals surface area contributed by atoms with Crippen LogP contribution in [0.1, 0.15) is 0 Å². The second-order valence-corrected chi connectivity index (χ2v) is 14.3. The van der Waals surface area contributed by atoms with Gasteiger partial charge >= 0.3 is 0 Å². The van der Waals surface area contributed by atoms with Crippen LogP contribution in [0.25, 0.3) is 80.7 Å². The van der Waals surface area contributed by atoms with Gasteiger partial charge in [0.05, 0.1) is 11.0 Å². The molecule has 0 N–H and O–H groups in total. The van der Waals surface area contributed by atoms with Gasteiger partial charge in [0.2, 0.25) is 0 Å². The Morgan fingerprint density at radius 2 is 1.06 bits per heavy atom. The molecule has 0 spiro atoms. The zero-order valence-electron chi connectivity index (χ0n) is 28.0. The highest BCUT2D eigenvalue weighted by molar-refractivity contribution is 7.26. The van der Waals surface area contributed by atoms with Gasteiger partial charge in [0.1, 0.15) is 11.2 Å². The minimum absolute atomic E-state index is 0.891. The van der Waals surface area contributed by atoms with E-state index in [-0.39, 0.29) is 0 Å². The minimum Gasteiger partial charge on any atom is -0.456 e. The van der Waals surface area contributed by atoms with E-state index in [4.69, 9.17) is 4.42 Å². The van der Waals surface area contributed by atoms with Crippen molar-refractivity contribution in [3.8, 4) is 16.8 Å². The average molecular weight is 683 g/mol. The van der Waals surface area contributed by atoms with Crippen molar-refractivity contribution in [2.45, 2.75) is 0 Å². The number of anilines is 3. The molecule has 11 rings (SSSR count). The Kier molecular flexibility index (Phi) is 6.42. The second-order valence-electron chi connectivity index (χ2n) is 13.3. The van der Waals surface area contributed by atoms with Crippen LogP contribution in [0.3, 0.4) is 0 Å². The molecule has 0 bridgehead atoms. The Morgan fingerprint density at radius 1 is 0.442 bits per heavy atom. The fraction of sp³-hybridized carbons (Fsp3) is 0. The molecule has 3 aromatic heterocycles. The van der Waals surface area contributed by atoms with Gasteiger partial charge in [0.15, 0.2) is 0 Å². The lowest BCUT2D eigenvalue weighted by Crippen LogP contribution is -2.09. The van der Waals surface area contributed by atoms with Crippen molar-refractivity contribution in [2.24, 2.45) is 0 Å². The Bertz CT molecular complexity index is 3080. The summed E-state index contributed by atoms with van der Waals surface area (Å²) < 4.78 is 11.7. The monoisotopic (exact) mass is 682 g/mol. The number of rotatable bonds is 5. The number of benzene rings is 8. The summed E-state index contributed by atoms with van der Waals surface area (Å²) >= 11 is 1.88. The number of hydrogen-bond acceptors (Lipinski definition) is 3. The van der Waals surface area contributed by atoms with Gasteiger partial charge < -0.3 is 13.9 Å². The van der Waals surface area contributed by atoms with Crippen LogP contribution in [0, 0.1) is 0 Å². The zero-order chi connectivity index (χ0) is 34.2. The van der Waals surface area contributed by atoms with Crippen LogP contribution in [0.15, 0.2) is 186 Å². The van der Waals surface area contributed by atoms with Crippen LogP contribution < -0.4 is 4.90 Å². The van der Waals surface area contributed by atoms with E-state index in [0.29, 0.717) is 0 Å². The molecule has 11 aromatic rings. The van der Waals surface area contributed by atoms with E-state index >= 15 is 0 Å². The maximum atomic E-state index is 6.71. The number of fused-ring (bicyclic) bond motifs is 9. The van der Waals surface area contributed by atoms with Crippen LogP contribution in [0.2, 0.25) is 0 Å². The molecule has 0 aliphatic rings. The lowest BCUT2D eigenvalue weighted by atomic mass is 9.93. The van der Waals surface area contributed by atoms with E-state index in [1.807, 2.05) is 11.3 Å². The van der Waals surface area contributed by atoms with Crippen molar-refractivity contribution in [2.75, 3.05) is 4.90 Å². The first-order valence-electron chi connectivity index (χ1n) is 17.6. The van der Waals surface area contributed by atoms with E-state index < -0.39 is 0 Å². The molecule has 0 aliphatic heterocycles. The summed E-state index contributed by atoms with van der Waals surface area (Å²) in [6.45, 7) is 0. The average Bonchev–Trinajstić information content (AvgIpc) is 3.88. The van der Waals surface area contributed by atoms with Gasteiger partial charge in [-0.05, 0) is 66.7 Å². The maximum Gasteiger partial charge on any atom is 0.138 e. The summed E-state index contributed by atoms with van der Waals surface area (Å²) in [5.74, 6) is 0. The number of thiophene rings is 1. The minimum atomic E-state index is 0.891. The molecule has 0 unspecified atom stereocenters. The molecule has 3 nitrogen and oxygen atoms in total. The Morgan fingerprint density at radius 3 is 1.83 bits per heavy atom. The number of para-hydroxylation sites is 4. The molecule has 0 amide bonds. The van der Waals surface area contributed by atoms with Gasteiger partial charge in [0, 0.05) is 81.7 Å². The Labute approximate surface area is 303 Å². The highest BCUT2D eigenvalue weighted by Crippen LogP contribution is 2.49. The topological polar surface area (TPSA) is 21.3 Å². The fourth-order valence-electron chi connectivity index (χ4n) is 8.18. The summed E-state index contributed by atoms with van der Waals surface area (Å²) in [6, 6.07) is 65.1. The molecule has 8 aromatic carbocycles. The van der Waals surface area contributed by atoms with Crippen LogP contribution in [-0.4, -0.2) is 4.57 Å². The molecule has 4 heteroatoms. The highest BCUT2D eigenvalue weighted by atomic mass is 32.1. The molecule has 3 heterocycles. The predicted molar refractivity (Wildman–Crippen MR) is 221 cm³/mol. The van der Waals surface area contributed by atoms with Crippen molar-refractivity contribution >= 4 is 92.3 Å². The van der Waals surface area contributed by atoms with Crippen LogP contribution in [-0.2, 0) is 0 Å². The number of hydrogen-bond donors (Lipinski definition) is 0. The third kappa shape index (κ3) is 4.31. The molecule has 0 atom stereocenters. The van der Waals surface area contributed by atoms with E-state index in [1.165, 1.54) is 42.1 Å². The van der Waals surface area contributed by atoms with Crippen molar-refractivity contribution in [1.82, 2.24) is 4.57 Å². The second kappa shape index (κ2) is 11.5. The third-order valence-corrected chi connectivity index (χ3v) is 11.6. The fourth-order valence-corrected chi connectivity index (χ4v) is 9.40. The molecule has 0 saturated carbocycles. The summed E-state index contributed by atoms with van der Waals surface area (Å²) in [6.07, 6.45) is 0. The van der Waals surface area contributed by atoms with E-state index in [9.17, 15) is 0 Å². The summed E-state index contributed by atoms with van der Waals surface area (Å²) in [4.78, 5) is 2.30. The number of furan rings is 1. The van der Waals surface area contributed by atoms with Crippen molar-refractivity contribution < 1.29 is 4.42 Å². The first-order chi connectivity index (χ1) is 25.8. The smallest absolute Gasteiger partial charge is 0.138 e. The first kappa shape index (κ1) is 29.1. The van der Waals surface area contributed by atoms with Crippen LogP contribution in [0.4, 0.5) is 17.1 Å². The number of aromatic nitrogens is 1. The lowest BCUT2D eigenvalue weighted by Gasteiger charge is -2.25. The largest absolute Gasteiger partial charge is 0.456 e.